The molecular weight excluding hydrogens is 148 g/mol. The Morgan fingerprint density at radius 1 is 1.00 bits per heavy atom. The first-order valence-corrected chi connectivity index (χ1v) is 5.77. The predicted octanol–water partition coefficient (Wildman–Crippen LogP) is 1.98. The van der Waals surface area contributed by atoms with Gasteiger partial charge in [-0.2, -0.15) is 0 Å². The second-order valence-electron chi connectivity index (χ2n) is 2.67. The van der Waals surface area contributed by atoms with Crippen LogP contribution in [0.1, 0.15) is 20.8 Å². The third-order valence-electron chi connectivity index (χ3n) is 1.50. The molecule has 0 aromatic rings. The molecule has 0 amide bonds. The number of hydrogen-bond acceptors (Lipinski definition) is 1. The van der Waals surface area contributed by atoms with Crippen molar-refractivity contribution in [3.8, 4) is 0 Å². The lowest BCUT2D eigenvalue weighted by Crippen LogP contribution is -2.33. The van der Waals surface area contributed by atoms with Crippen molar-refractivity contribution in [2.45, 2.75) is 37.7 Å². The van der Waals surface area contributed by atoms with Gasteiger partial charge in [0.1, 0.15) is 0 Å². The summed E-state index contributed by atoms with van der Waals surface area (Å²) in [7, 11) is 2.27. The molecule has 0 saturated carbocycles. The van der Waals surface area contributed by atoms with E-state index in [0.717, 1.165) is 34.1 Å². The van der Waals surface area contributed by atoms with Crippen molar-refractivity contribution in [3.63, 3.8) is 0 Å². The average Bonchev–Trinajstić information content (AvgIpc) is 1.59. The standard InChI is InChI=1S/C6H15NP2/c1-4-7-5(2)9-6(3)8-4/h4-9H,1-3H3. The van der Waals surface area contributed by atoms with Gasteiger partial charge in [-0.15, -0.1) is 0 Å². The van der Waals surface area contributed by atoms with Crippen molar-refractivity contribution >= 4 is 17.2 Å². The van der Waals surface area contributed by atoms with Crippen LogP contribution in [0.25, 0.3) is 0 Å². The van der Waals surface area contributed by atoms with E-state index < -0.39 is 0 Å². The summed E-state index contributed by atoms with van der Waals surface area (Å²) in [6, 6.07) is 0. The highest BCUT2D eigenvalue weighted by Crippen LogP contribution is 2.43. The quantitative estimate of drug-likeness (QED) is 0.538. The molecule has 54 valence electrons. The molecule has 9 heavy (non-hydrogen) atoms. The van der Waals surface area contributed by atoms with Crippen molar-refractivity contribution in [2.24, 2.45) is 0 Å². The molecule has 0 aromatic carbocycles. The normalized spacial score (nSPS) is 50.3. The smallest absolute Gasteiger partial charge is 0.0223 e. The van der Waals surface area contributed by atoms with Crippen LogP contribution in [-0.2, 0) is 0 Å². The lowest BCUT2D eigenvalue weighted by atomic mass is 10.6. The van der Waals surface area contributed by atoms with Crippen LogP contribution in [-0.4, -0.2) is 17.0 Å². The first kappa shape index (κ1) is 7.92. The van der Waals surface area contributed by atoms with E-state index >= 15 is 0 Å². The zero-order valence-corrected chi connectivity index (χ0v) is 8.23. The Morgan fingerprint density at radius 2 is 1.44 bits per heavy atom. The van der Waals surface area contributed by atoms with Gasteiger partial charge in [-0.25, -0.2) is 0 Å². The van der Waals surface area contributed by atoms with Crippen molar-refractivity contribution in [1.82, 2.24) is 5.32 Å². The van der Waals surface area contributed by atoms with Gasteiger partial charge in [-0.05, 0) is 19.2 Å². The van der Waals surface area contributed by atoms with Gasteiger partial charge in [0.2, 0.25) is 0 Å². The minimum Gasteiger partial charge on any atom is -0.305 e. The molecule has 0 bridgehead atoms. The highest BCUT2D eigenvalue weighted by Gasteiger charge is 2.18. The Hall–Kier alpha value is 0.820. The summed E-state index contributed by atoms with van der Waals surface area (Å²) in [6.07, 6.45) is 0. The summed E-state index contributed by atoms with van der Waals surface area (Å²) < 4.78 is 0. The van der Waals surface area contributed by atoms with E-state index in [4.69, 9.17) is 0 Å². The van der Waals surface area contributed by atoms with Crippen molar-refractivity contribution in [3.05, 3.63) is 0 Å². The Bertz CT molecular complexity index is 72.0. The van der Waals surface area contributed by atoms with Crippen LogP contribution in [0.5, 0.6) is 0 Å². The molecule has 1 rings (SSSR count). The highest BCUT2D eigenvalue weighted by molar-refractivity contribution is 7.59. The monoisotopic (exact) mass is 163 g/mol. The molecule has 0 aliphatic carbocycles. The van der Waals surface area contributed by atoms with Crippen LogP contribution >= 0.6 is 17.2 Å². The lowest BCUT2D eigenvalue weighted by Gasteiger charge is -2.30. The second kappa shape index (κ2) is 3.28. The molecule has 0 aromatic heterocycles. The molecule has 4 unspecified atom stereocenters. The molecule has 1 saturated heterocycles. The fourth-order valence-corrected chi connectivity index (χ4v) is 5.51. The predicted molar refractivity (Wildman–Crippen MR) is 48.2 cm³/mol. The zero-order valence-electron chi connectivity index (χ0n) is 6.23. The molecule has 1 aliphatic rings. The van der Waals surface area contributed by atoms with E-state index in [0.29, 0.717) is 0 Å². The first-order valence-electron chi connectivity index (χ1n) is 3.46. The van der Waals surface area contributed by atoms with Crippen LogP contribution in [0, 0.1) is 0 Å². The summed E-state index contributed by atoms with van der Waals surface area (Å²) >= 11 is 0. The first-order chi connectivity index (χ1) is 4.18. The third kappa shape index (κ3) is 2.50. The SMILES string of the molecule is CC1NC(C)PC(C)P1. The lowest BCUT2D eigenvalue weighted by molar-refractivity contribution is 0.663. The molecule has 0 radical (unpaired) electrons. The number of rotatable bonds is 0. The average molecular weight is 163 g/mol. The van der Waals surface area contributed by atoms with Gasteiger partial charge in [0.25, 0.3) is 0 Å². The van der Waals surface area contributed by atoms with E-state index in [1.165, 1.54) is 0 Å². The Morgan fingerprint density at radius 3 is 1.78 bits per heavy atom. The molecule has 1 heterocycles. The maximum Gasteiger partial charge on any atom is 0.0223 e. The van der Waals surface area contributed by atoms with Gasteiger partial charge in [0, 0.05) is 11.6 Å². The molecule has 0 spiro atoms. The van der Waals surface area contributed by atoms with Crippen molar-refractivity contribution < 1.29 is 0 Å². The molecule has 1 nitrogen and oxygen atoms in total. The maximum absolute atomic E-state index is 3.53. The van der Waals surface area contributed by atoms with Gasteiger partial charge in [0.15, 0.2) is 0 Å². The van der Waals surface area contributed by atoms with E-state index in [1.54, 1.807) is 0 Å². The summed E-state index contributed by atoms with van der Waals surface area (Å²) in [5.41, 5.74) is 0. The number of hydrogen-bond donors (Lipinski definition) is 1. The van der Waals surface area contributed by atoms with Gasteiger partial charge in [0.05, 0.1) is 0 Å². The molecule has 1 fully saturated rings. The van der Waals surface area contributed by atoms with Crippen LogP contribution < -0.4 is 5.32 Å². The molecule has 1 N–H and O–H groups in total. The van der Waals surface area contributed by atoms with E-state index in [1.807, 2.05) is 0 Å². The van der Waals surface area contributed by atoms with E-state index in [9.17, 15) is 0 Å². The van der Waals surface area contributed by atoms with Crippen molar-refractivity contribution in [1.29, 1.82) is 0 Å². The third-order valence-corrected chi connectivity index (χ3v) is 4.83. The van der Waals surface area contributed by atoms with Gasteiger partial charge in [-0.1, -0.05) is 24.1 Å². The van der Waals surface area contributed by atoms with Gasteiger partial charge < -0.3 is 5.32 Å². The molecule has 1 aliphatic heterocycles. The topological polar surface area (TPSA) is 12.0 Å². The summed E-state index contributed by atoms with van der Waals surface area (Å²) in [5.74, 6) is 1.55. The Kier molecular flexibility index (Phi) is 2.89. The minimum absolute atomic E-state index is 0.774. The van der Waals surface area contributed by atoms with E-state index in [-0.39, 0.29) is 0 Å². The Balaban J connectivity index is 2.34. The molecule has 3 heteroatoms. The second-order valence-corrected chi connectivity index (χ2v) is 7.37. The summed E-state index contributed by atoms with van der Waals surface area (Å²) in [4.78, 5) is 0. The maximum atomic E-state index is 3.53. The fourth-order valence-electron chi connectivity index (χ4n) is 1.27. The zero-order chi connectivity index (χ0) is 6.85. The fraction of sp³-hybridized carbons (Fsp3) is 1.00. The van der Waals surface area contributed by atoms with Gasteiger partial charge >= 0.3 is 0 Å². The molecule has 4 atom stereocenters. The minimum atomic E-state index is 0.774. The molecular formula is C6H15NP2. The number of nitrogens with one attached hydrogen (secondary N) is 1. The van der Waals surface area contributed by atoms with Crippen LogP contribution in [0.2, 0.25) is 0 Å². The summed E-state index contributed by atoms with van der Waals surface area (Å²) in [5, 5.41) is 4.52. The van der Waals surface area contributed by atoms with E-state index in [2.05, 4.69) is 26.1 Å². The van der Waals surface area contributed by atoms with Crippen molar-refractivity contribution in [2.75, 3.05) is 0 Å². The highest BCUT2D eigenvalue weighted by atomic mass is 31.1. The van der Waals surface area contributed by atoms with Crippen LogP contribution in [0.3, 0.4) is 0 Å². The van der Waals surface area contributed by atoms with Crippen LogP contribution in [0.15, 0.2) is 0 Å². The van der Waals surface area contributed by atoms with Crippen LogP contribution in [0.4, 0.5) is 0 Å². The largest absolute Gasteiger partial charge is 0.305 e. The summed E-state index contributed by atoms with van der Waals surface area (Å²) in [6.45, 7) is 6.94. The van der Waals surface area contributed by atoms with Gasteiger partial charge in [-0.3, -0.25) is 0 Å². The Labute approximate surface area is 60.9 Å².